The van der Waals surface area contributed by atoms with Gasteiger partial charge in [0.2, 0.25) is 0 Å². The molecule has 0 aliphatic carbocycles. The Morgan fingerprint density at radius 2 is 1.74 bits per heavy atom. The minimum Gasteiger partial charge on any atom is -0.398 e. The van der Waals surface area contributed by atoms with E-state index in [1.165, 1.54) is 12.1 Å². The van der Waals surface area contributed by atoms with Crippen molar-refractivity contribution in [2.45, 2.75) is 10.6 Å². The van der Waals surface area contributed by atoms with E-state index in [1.54, 1.807) is 30.3 Å². The molecule has 0 fully saturated rings. The molecule has 0 aliphatic rings. The number of anilines is 1. The zero-order valence-electron chi connectivity index (χ0n) is 9.81. The van der Waals surface area contributed by atoms with Gasteiger partial charge in [-0.15, -0.1) is 0 Å². The molecule has 0 spiro atoms. The molecule has 0 unspecified atom stereocenters. The van der Waals surface area contributed by atoms with Crippen LogP contribution in [0.25, 0.3) is 0 Å². The highest BCUT2D eigenvalue weighted by molar-refractivity contribution is 9.10. The lowest BCUT2D eigenvalue weighted by Crippen LogP contribution is -2.05. The van der Waals surface area contributed by atoms with Gasteiger partial charge in [-0.05, 0) is 57.9 Å². The monoisotopic (exact) mass is 359 g/mol. The maximum Gasteiger partial charge on any atom is 0.182 e. The summed E-state index contributed by atoms with van der Waals surface area (Å²) in [6.45, 7) is 0. The van der Waals surface area contributed by atoms with Gasteiger partial charge in [-0.25, -0.2) is 8.42 Å². The van der Waals surface area contributed by atoms with Crippen molar-refractivity contribution in [2.75, 3.05) is 5.73 Å². The Morgan fingerprint density at radius 3 is 2.32 bits per heavy atom. The number of rotatable bonds is 3. The lowest BCUT2D eigenvalue weighted by Gasteiger charge is -2.06. The van der Waals surface area contributed by atoms with Gasteiger partial charge in [-0.3, -0.25) is 0 Å². The topological polar surface area (TPSA) is 60.2 Å². The second-order valence-electron chi connectivity index (χ2n) is 4.07. The Labute approximate surface area is 125 Å². The first-order valence-electron chi connectivity index (χ1n) is 5.41. The van der Waals surface area contributed by atoms with Gasteiger partial charge in [0.1, 0.15) is 0 Å². The predicted molar refractivity (Wildman–Crippen MR) is 80.9 cm³/mol. The normalized spacial score (nSPS) is 11.5. The van der Waals surface area contributed by atoms with Crippen molar-refractivity contribution in [1.29, 1.82) is 0 Å². The van der Waals surface area contributed by atoms with Crippen LogP contribution in [0.1, 0.15) is 5.56 Å². The first-order valence-corrected chi connectivity index (χ1v) is 8.23. The van der Waals surface area contributed by atoms with Crippen LogP contribution in [0.4, 0.5) is 5.69 Å². The Hall–Kier alpha value is -1.04. The van der Waals surface area contributed by atoms with Crippen molar-refractivity contribution < 1.29 is 8.42 Å². The molecule has 0 bridgehead atoms. The van der Waals surface area contributed by atoms with Gasteiger partial charge in [0.05, 0.1) is 10.6 Å². The molecule has 0 saturated carbocycles. The van der Waals surface area contributed by atoms with E-state index in [0.29, 0.717) is 16.3 Å². The van der Waals surface area contributed by atoms with Gasteiger partial charge in [0.25, 0.3) is 0 Å². The maximum absolute atomic E-state index is 12.2. The fourth-order valence-corrected chi connectivity index (χ4v) is 3.34. The Bertz CT molecular complexity index is 699. The highest BCUT2D eigenvalue weighted by Gasteiger charge is 2.15. The molecule has 2 rings (SSSR count). The van der Waals surface area contributed by atoms with E-state index >= 15 is 0 Å². The van der Waals surface area contributed by atoms with Gasteiger partial charge >= 0.3 is 0 Å². The van der Waals surface area contributed by atoms with E-state index in [1.807, 2.05) is 0 Å². The summed E-state index contributed by atoms with van der Waals surface area (Å²) in [6.07, 6.45) is 0. The standard InChI is InChI=1S/C13H11BrClNO2S/c14-12-6-1-9(7-13(12)16)8-19(17,18)11-4-2-10(15)3-5-11/h1-7H,8,16H2. The molecule has 6 heteroatoms. The molecule has 0 aliphatic heterocycles. The van der Waals surface area contributed by atoms with Crippen LogP contribution in [0.5, 0.6) is 0 Å². The molecule has 0 atom stereocenters. The Balaban J connectivity index is 2.30. The van der Waals surface area contributed by atoms with Crippen molar-refractivity contribution in [2.24, 2.45) is 0 Å². The molecule has 0 radical (unpaired) electrons. The van der Waals surface area contributed by atoms with E-state index < -0.39 is 9.84 Å². The minimum atomic E-state index is -3.39. The largest absolute Gasteiger partial charge is 0.398 e. The first-order chi connectivity index (χ1) is 8.88. The van der Waals surface area contributed by atoms with E-state index in [9.17, 15) is 8.42 Å². The number of sulfone groups is 1. The fraction of sp³-hybridized carbons (Fsp3) is 0.0769. The van der Waals surface area contributed by atoms with Crippen molar-refractivity contribution >= 4 is 43.1 Å². The molecule has 2 N–H and O–H groups in total. The molecule has 19 heavy (non-hydrogen) atoms. The van der Waals surface area contributed by atoms with Crippen LogP contribution < -0.4 is 5.73 Å². The summed E-state index contributed by atoms with van der Waals surface area (Å²) in [5, 5.41) is 0.506. The predicted octanol–water partition coefficient (Wildman–Crippen LogP) is 3.66. The van der Waals surface area contributed by atoms with Gasteiger partial charge < -0.3 is 5.73 Å². The van der Waals surface area contributed by atoms with Crippen LogP contribution in [0.2, 0.25) is 5.02 Å². The number of halogens is 2. The number of hydrogen-bond donors (Lipinski definition) is 1. The summed E-state index contributed by atoms with van der Waals surface area (Å²) in [7, 11) is -3.39. The third-order valence-electron chi connectivity index (χ3n) is 2.59. The lowest BCUT2D eigenvalue weighted by molar-refractivity contribution is 0.595. The minimum absolute atomic E-state index is 0.0912. The van der Waals surface area contributed by atoms with Crippen LogP contribution in [0, 0.1) is 0 Å². The number of hydrogen-bond acceptors (Lipinski definition) is 3. The van der Waals surface area contributed by atoms with Gasteiger partial charge in [-0.1, -0.05) is 17.7 Å². The van der Waals surface area contributed by atoms with Gasteiger partial charge in [0.15, 0.2) is 9.84 Å². The van der Waals surface area contributed by atoms with E-state index in [-0.39, 0.29) is 10.6 Å². The van der Waals surface area contributed by atoms with Crippen LogP contribution in [-0.4, -0.2) is 8.42 Å². The summed E-state index contributed by atoms with van der Waals surface area (Å²) < 4.78 is 25.2. The average molecular weight is 361 g/mol. The molecule has 0 aromatic heterocycles. The first kappa shape index (κ1) is 14.4. The second kappa shape index (κ2) is 5.53. The van der Waals surface area contributed by atoms with Crippen molar-refractivity contribution in [3.8, 4) is 0 Å². The molecule has 0 saturated heterocycles. The highest BCUT2D eigenvalue weighted by atomic mass is 79.9. The van der Waals surface area contributed by atoms with Gasteiger partial charge in [-0.2, -0.15) is 0 Å². The quantitative estimate of drug-likeness (QED) is 0.850. The van der Waals surface area contributed by atoms with Crippen LogP contribution in [0.15, 0.2) is 51.8 Å². The summed E-state index contributed by atoms with van der Waals surface area (Å²) in [4.78, 5) is 0.249. The average Bonchev–Trinajstić information content (AvgIpc) is 2.34. The van der Waals surface area contributed by atoms with Crippen LogP contribution in [-0.2, 0) is 15.6 Å². The number of benzene rings is 2. The molecular formula is C13H11BrClNO2S. The molecule has 3 nitrogen and oxygen atoms in total. The zero-order valence-corrected chi connectivity index (χ0v) is 13.0. The molecule has 100 valence electrons. The second-order valence-corrected chi connectivity index (χ2v) is 7.35. The summed E-state index contributed by atoms with van der Waals surface area (Å²) >= 11 is 9.02. The number of nitrogen functional groups attached to an aromatic ring is 1. The molecule has 0 heterocycles. The Kier molecular flexibility index (Phi) is 4.18. The Morgan fingerprint density at radius 1 is 1.11 bits per heavy atom. The molecule has 2 aromatic carbocycles. The third-order valence-corrected chi connectivity index (χ3v) is 5.27. The highest BCUT2D eigenvalue weighted by Crippen LogP contribution is 2.24. The lowest BCUT2D eigenvalue weighted by atomic mass is 10.2. The van der Waals surface area contributed by atoms with E-state index in [2.05, 4.69) is 15.9 Å². The van der Waals surface area contributed by atoms with Crippen LogP contribution in [0.3, 0.4) is 0 Å². The summed E-state index contributed by atoms with van der Waals surface area (Å²) in [5.41, 5.74) is 6.91. The maximum atomic E-state index is 12.2. The smallest absolute Gasteiger partial charge is 0.182 e. The number of nitrogens with two attached hydrogens (primary N) is 1. The molecular weight excluding hydrogens is 350 g/mol. The van der Waals surface area contributed by atoms with Crippen LogP contribution >= 0.6 is 27.5 Å². The van der Waals surface area contributed by atoms with E-state index in [0.717, 1.165) is 4.47 Å². The van der Waals surface area contributed by atoms with Crippen molar-refractivity contribution in [1.82, 2.24) is 0 Å². The molecule has 0 amide bonds. The fourth-order valence-electron chi connectivity index (χ4n) is 1.63. The summed E-state index contributed by atoms with van der Waals surface area (Å²) in [6, 6.07) is 11.2. The van der Waals surface area contributed by atoms with Gasteiger partial charge in [0, 0.05) is 15.2 Å². The zero-order chi connectivity index (χ0) is 14.0. The third kappa shape index (κ3) is 3.49. The molecule has 2 aromatic rings. The van der Waals surface area contributed by atoms with Crippen molar-refractivity contribution in [3.63, 3.8) is 0 Å². The summed E-state index contributed by atoms with van der Waals surface area (Å²) in [5.74, 6) is -0.0912. The van der Waals surface area contributed by atoms with Crippen molar-refractivity contribution in [3.05, 3.63) is 57.5 Å². The SMILES string of the molecule is Nc1cc(CS(=O)(=O)c2ccc(Cl)cc2)ccc1Br. The van der Waals surface area contributed by atoms with E-state index in [4.69, 9.17) is 17.3 Å².